The summed E-state index contributed by atoms with van der Waals surface area (Å²) in [6.45, 7) is 1.09. The van der Waals surface area contributed by atoms with E-state index in [1.54, 1.807) is 6.33 Å². The van der Waals surface area contributed by atoms with Crippen molar-refractivity contribution >= 4 is 10.8 Å². The van der Waals surface area contributed by atoms with Crippen molar-refractivity contribution in [3.63, 3.8) is 0 Å². The van der Waals surface area contributed by atoms with Gasteiger partial charge in [-0.25, -0.2) is 9.97 Å². The van der Waals surface area contributed by atoms with E-state index < -0.39 is 0 Å². The van der Waals surface area contributed by atoms with Crippen molar-refractivity contribution in [2.24, 2.45) is 5.73 Å². The van der Waals surface area contributed by atoms with Crippen LogP contribution in [-0.4, -0.2) is 34.8 Å². The summed E-state index contributed by atoms with van der Waals surface area (Å²) in [5.74, 6) is 0.0758. The Morgan fingerprint density at radius 2 is 1.67 bits per heavy atom. The number of benzene rings is 3. The highest BCUT2D eigenvalue weighted by atomic mass is 16.5. The van der Waals surface area contributed by atoms with E-state index in [0.717, 1.165) is 24.0 Å². The van der Waals surface area contributed by atoms with Crippen LogP contribution in [0.1, 0.15) is 29.0 Å². The standard InChI is InChI=1S/C28H29N3O2/c29-26(13-20-6-2-1-3-7-20)28-14-27(25(18-33-28)24-15-30-19-31-16-24)32-17-21-10-11-22-8-4-5-9-23(22)12-21/h1-12,15-16,19,25-28H,13-14,17-18,29H2/t25-,26+,27-,28+/m0/s1. The van der Waals surface area contributed by atoms with Gasteiger partial charge in [0.2, 0.25) is 0 Å². The third-order valence-corrected chi connectivity index (χ3v) is 6.48. The van der Waals surface area contributed by atoms with Crippen molar-refractivity contribution in [2.45, 2.75) is 43.6 Å². The van der Waals surface area contributed by atoms with Gasteiger partial charge in [0.05, 0.1) is 25.4 Å². The van der Waals surface area contributed by atoms with Gasteiger partial charge in [-0.2, -0.15) is 0 Å². The average Bonchev–Trinajstić information content (AvgIpc) is 2.88. The predicted octanol–water partition coefficient (Wildman–Crippen LogP) is 4.66. The highest BCUT2D eigenvalue weighted by Gasteiger charge is 2.36. The molecular weight excluding hydrogens is 410 g/mol. The molecule has 2 N–H and O–H groups in total. The second-order valence-electron chi connectivity index (χ2n) is 8.77. The zero-order valence-electron chi connectivity index (χ0n) is 18.6. The maximum atomic E-state index is 6.59. The van der Waals surface area contributed by atoms with Gasteiger partial charge < -0.3 is 15.2 Å². The molecule has 1 fully saturated rings. The number of nitrogens with zero attached hydrogens (tertiary/aromatic N) is 2. The lowest BCUT2D eigenvalue weighted by atomic mass is 9.86. The van der Waals surface area contributed by atoms with Crippen LogP contribution in [0.5, 0.6) is 0 Å². The molecule has 1 aromatic heterocycles. The Morgan fingerprint density at radius 3 is 2.48 bits per heavy atom. The molecular formula is C28H29N3O2. The van der Waals surface area contributed by atoms with Gasteiger partial charge in [0.25, 0.3) is 0 Å². The third-order valence-electron chi connectivity index (χ3n) is 6.48. The average molecular weight is 440 g/mol. The first-order valence-electron chi connectivity index (χ1n) is 11.5. The summed E-state index contributed by atoms with van der Waals surface area (Å²) in [7, 11) is 0. The van der Waals surface area contributed by atoms with Crippen molar-refractivity contribution in [2.75, 3.05) is 6.61 Å². The van der Waals surface area contributed by atoms with E-state index in [1.807, 2.05) is 30.6 Å². The van der Waals surface area contributed by atoms with Crippen molar-refractivity contribution in [3.8, 4) is 0 Å². The molecule has 0 bridgehead atoms. The molecule has 0 radical (unpaired) electrons. The minimum Gasteiger partial charge on any atom is -0.376 e. The molecule has 0 saturated carbocycles. The van der Waals surface area contributed by atoms with Gasteiger partial charge in [0.15, 0.2) is 0 Å². The van der Waals surface area contributed by atoms with Crippen LogP contribution >= 0.6 is 0 Å². The van der Waals surface area contributed by atoms with Crippen molar-refractivity contribution in [1.29, 1.82) is 0 Å². The van der Waals surface area contributed by atoms with Crippen LogP contribution in [0.25, 0.3) is 10.8 Å². The molecule has 0 amide bonds. The molecule has 2 heterocycles. The van der Waals surface area contributed by atoms with Gasteiger partial charge in [-0.15, -0.1) is 0 Å². The molecule has 5 heteroatoms. The lowest BCUT2D eigenvalue weighted by Crippen LogP contribution is -2.47. The number of hydrogen-bond acceptors (Lipinski definition) is 5. The lowest BCUT2D eigenvalue weighted by molar-refractivity contribution is -0.0992. The third kappa shape index (κ3) is 5.28. The highest BCUT2D eigenvalue weighted by molar-refractivity contribution is 5.82. The first-order chi connectivity index (χ1) is 16.3. The largest absolute Gasteiger partial charge is 0.376 e. The van der Waals surface area contributed by atoms with Crippen LogP contribution in [0.4, 0.5) is 0 Å². The van der Waals surface area contributed by atoms with Gasteiger partial charge >= 0.3 is 0 Å². The zero-order valence-corrected chi connectivity index (χ0v) is 18.6. The van der Waals surface area contributed by atoms with E-state index in [0.29, 0.717) is 13.2 Å². The Hall–Kier alpha value is -3.12. The number of ether oxygens (including phenoxy) is 2. The molecule has 1 aliphatic rings. The number of rotatable bonds is 7. The summed E-state index contributed by atoms with van der Waals surface area (Å²) in [5.41, 5.74) is 10.0. The molecule has 0 aliphatic carbocycles. The van der Waals surface area contributed by atoms with Crippen molar-refractivity contribution in [3.05, 3.63) is 108 Å². The molecule has 1 aliphatic heterocycles. The van der Waals surface area contributed by atoms with E-state index in [1.165, 1.54) is 16.3 Å². The van der Waals surface area contributed by atoms with Crippen LogP contribution in [-0.2, 0) is 22.5 Å². The molecule has 5 rings (SSSR count). The number of hydrogen-bond donors (Lipinski definition) is 1. The second-order valence-corrected chi connectivity index (χ2v) is 8.77. The maximum absolute atomic E-state index is 6.59. The highest BCUT2D eigenvalue weighted by Crippen LogP contribution is 2.32. The number of aromatic nitrogens is 2. The van der Waals surface area contributed by atoms with E-state index in [-0.39, 0.29) is 24.2 Å². The van der Waals surface area contributed by atoms with Crippen LogP contribution in [0, 0.1) is 0 Å². The van der Waals surface area contributed by atoms with Gasteiger partial charge in [0, 0.05) is 30.8 Å². The van der Waals surface area contributed by atoms with E-state index >= 15 is 0 Å². The van der Waals surface area contributed by atoms with E-state index in [9.17, 15) is 0 Å². The fourth-order valence-corrected chi connectivity index (χ4v) is 4.64. The van der Waals surface area contributed by atoms with E-state index in [2.05, 4.69) is 64.6 Å². The van der Waals surface area contributed by atoms with Crippen LogP contribution in [0.3, 0.4) is 0 Å². The Morgan fingerprint density at radius 1 is 0.909 bits per heavy atom. The Kier molecular flexibility index (Phi) is 6.72. The van der Waals surface area contributed by atoms with Crippen molar-refractivity contribution in [1.82, 2.24) is 9.97 Å². The van der Waals surface area contributed by atoms with Crippen LogP contribution < -0.4 is 5.73 Å². The topological polar surface area (TPSA) is 70.3 Å². The van der Waals surface area contributed by atoms with Gasteiger partial charge in [0.1, 0.15) is 6.33 Å². The van der Waals surface area contributed by atoms with Gasteiger partial charge in [-0.1, -0.05) is 66.7 Å². The lowest BCUT2D eigenvalue weighted by Gasteiger charge is -2.38. The molecule has 33 heavy (non-hydrogen) atoms. The summed E-state index contributed by atoms with van der Waals surface area (Å²) in [6, 6.07) is 25.1. The molecule has 4 atom stereocenters. The molecule has 5 nitrogen and oxygen atoms in total. The molecule has 0 unspecified atom stereocenters. The molecule has 1 saturated heterocycles. The first kappa shape index (κ1) is 21.7. The Balaban J connectivity index is 1.31. The monoisotopic (exact) mass is 439 g/mol. The van der Waals surface area contributed by atoms with Gasteiger partial charge in [-0.3, -0.25) is 0 Å². The predicted molar refractivity (Wildman–Crippen MR) is 130 cm³/mol. The Bertz CT molecular complexity index is 1170. The summed E-state index contributed by atoms with van der Waals surface area (Å²) in [5, 5.41) is 2.46. The SMILES string of the molecule is N[C@H](Cc1ccccc1)[C@H]1C[C@H](OCc2ccc3ccccc3c2)[C@H](c2cncnc2)CO1. The minimum absolute atomic E-state index is 0.0250. The Labute approximate surface area is 194 Å². The summed E-state index contributed by atoms with van der Waals surface area (Å²) in [6.07, 6.45) is 6.70. The smallest absolute Gasteiger partial charge is 0.115 e. The normalized spacial score (nSPS) is 21.7. The summed E-state index contributed by atoms with van der Waals surface area (Å²) >= 11 is 0. The number of nitrogens with two attached hydrogens (primary N) is 1. The molecule has 3 aromatic carbocycles. The van der Waals surface area contributed by atoms with Crippen molar-refractivity contribution < 1.29 is 9.47 Å². The zero-order chi connectivity index (χ0) is 22.5. The maximum Gasteiger partial charge on any atom is 0.115 e. The molecule has 168 valence electrons. The minimum atomic E-state index is -0.0906. The first-order valence-corrected chi connectivity index (χ1v) is 11.5. The van der Waals surface area contributed by atoms with Crippen LogP contribution in [0.15, 0.2) is 91.5 Å². The number of fused-ring (bicyclic) bond motifs is 1. The molecule has 0 spiro atoms. The molecule has 4 aromatic rings. The second kappa shape index (κ2) is 10.2. The fraction of sp³-hybridized carbons (Fsp3) is 0.286. The summed E-state index contributed by atoms with van der Waals surface area (Å²) < 4.78 is 12.8. The summed E-state index contributed by atoms with van der Waals surface area (Å²) in [4.78, 5) is 8.42. The quantitative estimate of drug-likeness (QED) is 0.454. The van der Waals surface area contributed by atoms with E-state index in [4.69, 9.17) is 15.2 Å². The fourth-order valence-electron chi connectivity index (χ4n) is 4.64. The van der Waals surface area contributed by atoms with Crippen LogP contribution in [0.2, 0.25) is 0 Å². The van der Waals surface area contributed by atoms with Gasteiger partial charge in [-0.05, 0) is 39.9 Å².